The Morgan fingerprint density at radius 3 is 2.42 bits per heavy atom. The van der Waals surface area contributed by atoms with Gasteiger partial charge in [0, 0.05) is 18.4 Å². The number of hydrogen-bond acceptors (Lipinski definition) is 3. The van der Waals surface area contributed by atoms with Crippen LogP contribution in [0.1, 0.15) is 47.0 Å². The quantitative estimate of drug-likeness (QED) is 0.844. The minimum atomic E-state index is 0.175. The lowest BCUT2D eigenvalue weighted by Crippen LogP contribution is -2.46. The summed E-state index contributed by atoms with van der Waals surface area (Å²) in [4.78, 5) is 0. The third-order valence-corrected chi connectivity index (χ3v) is 7.88. The second-order valence-corrected chi connectivity index (χ2v) is 9.19. The first-order valence-electron chi connectivity index (χ1n) is 7.77. The van der Waals surface area contributed by atoms with E-state index < -0.39 is 0 Å². The van der Waals surface area contributed by atoms with Crippen molar-refractivity contribution in [3.63, 3.8) is 0 Å². The highest BCUT2D eigenvalue weighted by molar-refractivity contribution is 7.99. The van der Waals surface area contributed by atoms with E-state index in [1.165, 1.54) is 24.3 Å². The van der Waals surface area contributed by atoms with Crippen LogP contribution in [0.2, 0.25) is 0 Å². The molecule has 0 amide bonds. The predicted octanol–water partition coefficient (Wildman–Crippen LogP) is 3.30. The molecule has 3 unspecified atom stereocenters. The van der Waals surface area contributed by atoms with Crippen molar-refractivity contribution in [2.45, 2.75) is 58.6 Å². The molecular weight excluding hydrogens is 254 g/mol. The highest BCUT2D eigenvalue weighted by atomic mass is 32.2. The van der Waals surface area contributed by atoms with Crippen LogP contribution < -0.4 is 5.73 Å². The van der Waals surface area contributed by atoms with Gasteiger partial charge in [-0.15, -0.1) is 0 Å². The van der Waals surface area contributed by atoms with Gasteiger partial charge in [-0.25, -0.2) is 0 Å². The summed E-state index contributed by atoms with van der Waals surface area (Å²) >= 11 is 2.05. The zero-order valence-electron chi connectivity index (χ0n) is 12.9. The van der Waals surface area contributed by atoms with Crippen LogP contribution in [-0.2, 0) is 4.74 Å². The van der Waals surface area contributed by atoms with Gasteiger partial charge in [0.25, 0.3) is 0 Å². The molecule has 1 spiro atoms. The Kier molecular flexibility index (Phi) is 3.28. The topological polar surface area (TPSA) is 35.2 Å². The molecule has 19 heavy (non-hydrogen) atoms. The van der Waals surface area contributed by atoms with E-state index >= 15 is 0 Å². The van der Waals surface area contributed by atoms with E-state index in [1.807, 2.05) is 0 Å². The van der Waals surface area contributed by atoms with Crippen LogP contribution in [0.3, 0.4) is 0 Å². The summed E-state index contributed by atoms with van der Waals surface area (Å²) in [6, 6.07) is 0.358. The molecule has 3 rings (SSSR count). The van der Waals surface area contributed by atoms with E-state index in [0.717, 1.165) is 13.0 Å². The number of ether oxygens (including phenoxy) is 1. The maximum absolute atomic E-state index is 6.69. The molecule has 3 aliphatic rings. The van der Waals surface area contributed by atoms with E-state index in [1.54, 1.807) is 0 Å². The molecule has 2 N–H and O–H groups in total. The Morgan fingerprint density at radius 1 is 1.21 bits per heavy atom. The zero-order valence-corrected chi connectivity index (χ0v) is 13.7. The second kappa shape index (κ2) is 4.38. The number of rotatable bonds is 2. The Balaban J connectivity index is 1.69. The van der Waals surface area contributed by atoms with E-state index in [2.05, 4.69) is 39.5 Å². The van der Waals surface area contributed by atoms with E-state index in [0.29, 0.717) is 28.7 Å². The standard InChI is InChI=1S/C16H29NOS/c1-14(2)13(15(14,3)4)12(17)11-5-7-18-16(9-11)6-8-19-10-16/h11-13H,5-10,17H2,1-4H3. The van der Waals surface area contributed by atoms with E-state index in [4.69, 9.17) is 10.5 Å². The van der Waals surface area contributed by atoms with Crippen LogP contribution in [0.5, 0.6) is 0 Å². The van der Waals surface area contributed by atoms with Crippen LogP contribution in [0.25, 0.3) is 0 Å². The monoisotopic (exact) mass is 283 g/mol. The van der Waals surface area contributed by atoms with Gasteiger partial charge in [-0.3, -0.25) is 0 Å². The van der Waals surface area contributed by atoms with Crippen molar-refractivity contribution in [1.82, 2.24) is 0 Å². The first-order valence-corrected chi connectivity index (χ1v) is 8.93. The molecule has 2 heterocycles. The van der Waals surface area contributed by atoms with E-state index in [-0.39, 0.29) is 5.60 Å². The molecular formula is C16H29NOS. The highest BCUT2D eigenvalue weighted by Gasteiger charge is 2.67. The van der Waals surface area contributed by atoms with E-state index in [9.17, 15) is 0 Å². The Hall–Kier alpha value is 0.270. The third kappa shape index (κ3) is 2.08. The molecule has 0 radical (unpaired) electrons. The van der Waals surface area contributed by atoms with Crippen LogP contribution in [0, 0.1) is 22.7 Å². The smallest absolute Gasteiger partial charge is 0.0783 e. The minimum absolute atomic E-state index is 0.175. The molecule has 3 fully saturated rings. The lowest BCUT2D eigenvalue weighted by molar-refractivity contribution is -0.0850. The van der Waals surface area contributed by atoms with Crippen molar-refractivity contribution in [3.8, 4) is 0 Å². The fourth-order valence-corrected chi connectivity index (χ4v) is 6.12. The van der Waals surface area contributed by atoms with Gasteiger partial charge in [-0.2, -0.15) is 11.8 Å². The van der Waals surface area contributed by atoms with Gasteiger partial charge in [0.2, 0.25) is 0 Å². The fourth-order valence-electron chi connectivity index (χ4n) is 4.74. The molecule has 0 aromatic heterocycles. The molecule has 1 saturated carbocycles. The summed E-state index contributed by atoms with van der Waals surface area (Å²) in [7, 11) is 0. The zero-order chi connectivity index (χ0) is 13.9. The average Bonchev–Trinajstić information content (AvgIpc) is 2.68. The molecule has 3 atom stereocenters. The Bertz CT molecular complexity index is 346. The van der Waals surface area contributed by atoms with Crippen molar-refractivity contribution >= 4 is 11.8 Å². The van der Waals surface area contributed by atoms with Crippen LogP contribution in [0.4, 0.5) is 0 Å². The van der Waals surface area contributed by atoms with Gasteiger partial charge >= 0.3 is 0 Å². The summed E-state index contributed by atoms with van der Waals surface area (Å²) in [5.74, 6) is 3.79. The van der Waals surface area contributed by atoms with Gasteiger partial charge in [0.15, 0.2) is 0 Å². The Morgan fingerprint density at radius 2 is 1.89 bits per heavy atom. The van der Waals surface area contributed by atoms with Gasteiger partial charge in [0.05, 0.1) is 5.60 Å². The van der Waals surface area contributed by atoms with Crippen LogP contribution in [0.15, 0.2) is 0 Å². The summed E-state index contributed by atoms with van der Waals surface area (Å²) in [5, 5.41) is 0. The lowest BCUT2D eigenvalue weighted by Gasteiger charge is -2.40. The molecule has 0 aromatic rings. The summed E-state index contributed by atoms with van der Waals surface area (Å²) in [5.41, 5.74) is 7.68. The van der Waals surface area contributed by atoms with Gasteiger partial charge < -0.3 is 10.5 Å². The number of nitrogens with two attached hydrogens (primary N) is 1. The van der Waals surface area contributed by atoms with Gasteiger partial charge in [0.1, 0.15) is 0 Å². The number of hydrogen-bond donors (Lipinski definition) is 1. The molecule has 2 saturated heterocycles. The maximum Gasteiger partial charge on any atom is 0.0783 e. The van der Waals surface area contributed by atoms with Crippen LogP contribution in [-0.4, -0.2) is 29.8 Å². The molecule has 2 aliphatic heterocycles. The lowest BCUT2D eigenvalue weighted by atomic mass is 9.78. The minimum Gasteiger partial charge on any atom is -0.374 e. The largest absolute Gasteiger partial charge is 0.374 e. The van der Waals surface area contributed by atoms with Crippen molar-refractivity contribution < 1.29 is 4.74 Å². The molecule has 0 aromatic carbocycles. The molecule has 110 valence electrons. The first-order chi connectivity index (χ1) is 8.80. The predicted molar refractivity (Wildman–Crippen MR) is 82.4 cm³/mol. The average molecular weight is 283 g/mol. The SMILES string of the molecule is CC1(C)C(C(N)C2CCOC3(CCSC3)C2)C1(C)C. The van der Waals surface area contributed by atoms with Crippen molar-refractivity contribution in [3.05, 3.63) is 0 Å². The maximum atomic E-state index is 6.69. The number of thioether (sulfide) groups is 1. The Labute approximate surface area is 122 Å². The fraction of sp³-hybridized carbons (Fsp3) is 1.00. The summed E-state index contributed by atoms with van der Waals surface area (Å²) in [6.45, 7) is 10.5. The van der Waals surface area contributed by atoms with Crippen molar-refractivity contribution in [1.29, 1.82) is 0 Å². The van der Waals surface area contributed by atoms with Gasteiger partial charge in [-0.1, -0.05) is 27.7 Å². The second-order valence-electron chi connectivity index (χ2n) is 8.09. The third-order valence-electron chi connectivity index (χ3n) is 6.66. The molecule has 3 heteroatoms. The van der Waals surface area contributed by atoms with Crippen molar-refractivity contribution in [2.75, 3.05) is 18.1 Å². The van der Waals surface area contributed by atoms with Crippen LogP contribution >= 0.6 is 11.8 Å². The summed E-state index contributed by atoms with van der Waals surface area (Å²) < 4.78 is 6.13. The molecule has 2 nitrogen and oxygen atoms in total. The van der Waals surface area contributed by atoms with Crippen molar-refractivity contribution in [2.24, 2.45) is 28.4 Å². The highest BCUT2D eigenvalue weighted by Crippen LogP contribution is 2.70. The van der Waals surface area contributed by atoms with Gasteiger partial charge in [-0.05, 0) is 47.7 Å². The first kappa shape index (κ1) is 14.2. The molecule has 1 aliphatic carbocycles. The normalized spacial score (nSPS) is 42.5. The summed E-state index contributed by atoms with van der Waals surface area (Å²) in [6.07, 6.45) is 3.60. The molecule has 0 bridgehead atoms.